The van der Waals surface area contributed by atoms with Gasteiger partial charge in [0.25, 0.3) is 0 Å². The molecule has 0 unspecified atom stereocenters. The number of imidazole rings is 1. The lowest BCUT2D eigenvalue weighted by Gasteiger charge is -2.09. The molecular weight excluding hydrogens is 312 g/mol. The lowest BCUT2D eigenvalue weighted by atomic mass is 10.2. The summed E-state index contributed by atoms with van der Waals surface area (Å²) >= 11 is 0. The van der Waals surface area contributed by atoms with Gasteiger partial charge in [-0.15, -0.1) is 0 Å². The molecule has 2 rings (SSSR count). The summed E-state index contributed by atoms with van der Waals surface area (Å²) in [7, 11) is 1.85. The lowest BCUT2D eigenvalue weighted by molar-refractivity contribution is -0.157. The number of hydrogen-bond donors (Lipinski definition) is 0. The van der Waals surface area contributed by atoms with Crippen LogP contribution in [0.2, 0.25) is 0 Å². The van der Waals surface area contributed by atoms with E-state index in [-0.39, 0.29) is 13.2 Å². The van der Waals surface area contributed by atoms with Crippen LogP contribution in [0.5, 0.6) is 0 Å². The zero-order chi connectivity index (χ0) is 17.7. The predicted octanol–water partition coefficient (Wildman–Crippen LogP) is 1.72. The third kappa shape index (κ3) is 3.76. The van der Waals surface area contributed by atoms with Crippen molar-refractivity contribution in [3.63, 3.8) is 0 Å². The van der Waals surface area contributed by atoms with Crippen LogP contribution in [0.4, 0.5) is 5.82 Å². The molecule has 128 valence electrons. The number of ether oxygens (including phenoxy) is 2. The topological polar surface area (TPSA) is 95.7 Å². The largest absolute Gasteiger partial charge is 0.465 e. The van der Waals surface area contributed by atoms with Crippen molar-refractivity contribution < 1.29 is 19.1 Å². The Balaban J connectivity index is 2.28. The molecule has 0 spiro atoms. The summed E-state index contributed by atoms with van der Waals surface area (Å²) in [5.74, 6) is -1.41. The van der Waals surface area contributed by atoms with Crippen molar-refractivity contribution in [2.75, 3.05) is 13.2 Å². The number of pyridine rings is 1. The summed E-state index contributed by atoms with van der Waals surface area (Å²) in [6.07, 6.45) is 1.20. The molecule has 0 saturated carbocycles. The monoisotopic (exact) mass is 332 g/mol. The summed E-state index contributed by atoms with van der Waals surface area (Å²) in [5, 5.41) is 0. The Morgan fingerprint density at radius 3 is 2.42 bits per heavy atom. The van der Waals surface area contributed by atoms with Crippen molar-refractivity contribution in [2.45, 2.75) is 20.8 Å². The van der Waals surface area contributed by atoms with Crippen LogP contribution in [0.1, 0.15) is 19.7 Å². The quantitative estimate of drug-likeness (QED) is 0.454. The predicted molar refractivity (Wildman–Crippen MR) is 88.2 cm³/mol. The van der Waals surface area contributed by atoms with E-state index in [1.165, 1.54) is 6.21 Å². The van der Waals surface area contributed by atoms with Crippen LogP contribution in [0.15, 0.2) is 17.1 Å². The van der Waals surface area contributed by atoms with Gasteiger partial charge in [0.05, 0.1) is 13.2 Å². The molecule has 0 fully saturated rings. The molecule has 0 aliphatic rings. The van der Waals surface area contributed by atoms with Crippen molar-refractivity contribution in [3.05, 3.63) is 18.0 Å². The highest BCUT2D eigenvalue weighted by atomic mass is 16.6. The highest BCUT2D eigenvalue weighted by Gasteiger charge is 2.27. The minimum Gasteiger partial charge on any atom is -0.465 e. The summed E-state index contributed by atoms with van der Waals surface area (Å²) < 4.78 is 11.6. The fourth-order valence-corrected chi connectivity index (χ4v) is 2.07. The Bertz CT molecular complexity index is 764. The van der Waals surface area contributed by atoms with Crippen LogP contribution in [0.25, 0.3) is 11.2 Å². The standard InChI is InChI=1S/C16H20N4O4/c1-5-23-15(21)11(16(22)24-6-2)9-17-13-8-7-12-14(19-13)20(4)10(3)18-12/h7-9,11H,5-6H2,1-4H3. The first-order valence-electron chi connectivity index (χ1n) is 7.65. The molecule has 0 aliphatic heterocycles. The van der Waals surface area contributed by atoms with Gasteiger partial charge in [-0.1, -0.05) is 0 Å². The maximum atomic E-state index is 11.9. The third-order valence-corrected chi connectivity index (χ3v) is 3.36. The summed E-state index contributed by atoms with van der Waals surface area (Å²) in [6, 6.07) is 3.45. The van der Waals surface area contributed by atoms with Crippen molar-refractivity contribution in [1.29, 1.82) is 0 Å². The molecule has 2 heterocycles. The number of aromatic nitrogens is 3. The number of carbonyl (C=O) groups excluding carboxylic acids is 2. The number of fused-ring (bicyclic) bond motifs is 1. The van der Waals surface area contributed by atoms with E-state index in [1.54, 1.807) is 26.0 Å². The second-order valence-corrected chi connectivity index (χ2v) is 4.99. The van der Waals surface area contributed by atoms with Gasteiger partial charge >= 0.3 is 11.9 Å². The van der Waals surface area contributed by atoms with Crippen LogP contribution in [-0.2, 0) is 26.1 Å². The molecule has 0 saturated heterocycles. The highest BCUT2D eigenvalue weighted by molar-refractivity contribution is 6.09. The molecule has 2 aromatic heterocycles. The van der Waals surface area contributed by atoms with Gasteiger partial charge in [-0.25, -0.2) is 15.0 Å². The Morgan fingerprint density at radius 2 is 1.83 bits per heavy atom. The van der Waals surface area contributed by atoms with E-state index in [9.17, 15) is 9.59 Å². The van der Waals surface area contributed by atoms with Crippen LogP contribution in [0, 0.1) is 12.8 Å². The van der Waals surface area contributed by atoms with Crippen molar-refractivity contribution in [2.24, 2.45) is 18.0 Å². The first-order chi connectivity index (χ1) is 11.5. The molecule has 8 heteroatoms. The maximum absolute atomic E-state index is 11.9. The van der Waals surface area contributed by atoms with E-state index in [4.69, 9.17) is 9.47 Å². The average molecular weight is 332 g/mol. The van der Waals surface area contributed by atoms with Crippen LogP contribution < -0.4 is 0 Å². The van der Waals surface area contributed by atoms with Gasteiger partial charge in [-0.05, 0) is 32.9 Å². The van der Waals surface area contributed by atoms with Crippen molar-refractivity contribution in [1.82, 2.24) is 14.5 Å². The number of carbonyl (C=O) groups is 2. The summed E-state index contributed by atoms with van der Waals surface area (Å²) in [4.78, 5) is 36.7. The van der Waals surface area contributed by atoms with E-state index >= 15 is 0 Å². The van der Waals surface area contributed by atoms with Crippen molar-refractivity contribution >= 4 is 35.1 Å². The maximum Gasteiger partial charge on any atom is 0.325 e. The Morgan fingerprint density at radius 1 is 1.21 bits per heavy atom. The molecule has 2 aromatic rings. The normalized spacial score (nSPS) is 11.4. The van der Waals surface area contributed by atoms with E-state index in [0.29, 0.717) is 11.5 Å². The van der Waals surface area contributed by atoms with Gasteiger partial charge in [-0.2, -0.15) is 0 Å². The number of rotatable bonds is 6. The number of aryl methyl sites for hydroxylation is 2. The zero-order valence-electron chi connectivity index (χ0n) is 14.1. The average Bonchev–Trinajstić information content (AvgIpc) is 2.83. The number of nitrogens with zero attached hydrogens (tertiary/aromatic N) is 4. The Kier molecular flexibility index (Phi) is 5.62. The Hall–Kier alpha value is -2.77. The second kappa shape index (κ2) is 7.67. The van der Waals surface area contributed by atoms with Crippen LogP contribution >= 0.6 is 0 Å². The van der Waals surface area contributed by atoms with Gasteiger partial charge < -0.3 is 14.0 Å². The molecule has 0 N–H and O–H groups in total. The molecule has 0 aliphatic carbocycles. The second-order valence-electron chi connectivity index (χ2n) is 4.99. The van der Waals surface area contributed by atoms with E-state index in [2.05, 4.69) is 15.0 Å². The SMILES string of the molecule is CCOC(=O)C(C=Nc1ccc2nc(C)n(C)c2n1)C(=O)OCC. The van der Waals surface area contributed by atoms with Gasteiger partial charge in [0.1, 0.15) is 11.3 Å². The van der Waals surface area contributed by atoms with Gasteiger partial charge in [-0.3, -0.25) is 9.59 Å². The summed E-state index contributed by atoms with van der Waals surface area (Å²) in [6.45, 7) is 5.54. The fourth-order valence-electron chi connectivity index (χ4n) is 2.07. The minimum atomic E-state index is -1.21. The van der Waals surface area contributed by atoms with E-state index in [1.807, 2.05) is 18.5 Å². The third-order valence-electron chi connectivity index (χ3n) is 3.36. The van der Waals surface area contributed by atoms with Crippen LogP contribution in [-0.4, -0.2) is 45.9 Å². The molecule has 8 nitrogen and oxygen atoms in total. The zero-order valence-corrected chi connectivity index (χ0v) is 14.1. The van der Waals surface area contributed by atoms with Crippen LogP contribution in [0.3, 0.4) is 0 Å². The van der Waals surface area contributed by atoms with E-state index < -0.39 is 17.9 Å². The number of hydrogen-bond acceptors (Lipinski definition) is 7. The first kappa shape index (κ1) is 17.6. The molecule has 0 aromatic carbocycles. The Labute approximate surface area is 139 Å². The minimum absolute atomic E-state index is 0.168. The van der Waals surface area contributed by atoms with Gasteiger partial charge in [0, 0.05) is 13.3 Å². The molecule has 0 radical (unpaired) electrons. The molecule has 24 heavy (non-hydrogen) atoms. The fraction of sp³-hybridized carbons (Fsp3) is 0.438. The van der Waals surface area contributed by atoms with Gasteiger partial charge in [0.15, 0.2) is 17.4 Å². The molecule has 0 atom stereocenters. The highest BCUT2D eigenvalue weighted by Crippen LogP contribution is 2.17. The smallest absolute Gasteiger partial charge is 0.325 e. The number of esters is 2. The molecule has 0 amide bonds. The number of aliphatic imine (C=N–C) groups is 1. The lowest BCUT2D eigenvalue weighted by Crippen LogP contribution is -2.29. The first-order valence-corrected chi connectivity index (χ1v) is 7.65. The van der Waals surface area contributed by atoms with E-state index in [0.717, 1.165) is 11.3 Å². The summed E-state index contributed by atoms with van der Waals surface area (Å²) in [5.41, 5.74) is 1.42. The van der Waals surface area contributed by atoms with Gasteiger partial charge in [0.2, 0.25) is 0 Å². The molecular formula is C16H20N4O4. The molecule has 0 bridgehead atoms. The van der Waals surface area contributed by atoms with Crippen molar-refractivity contribution in [3.8, 4) is 0 Å².